The van der Waals surface area contributed by atoms with Crippen LogP contribution in [0.1, 0.15) is 37.1 Å². The molecule has 4 heterocycles. The van der Waals surface area contributed by atoms with Gasteiger partial charge in [0.2, 0.25) is 0 Å². The van der Waals surface area contributed by atoms with Crippen LogP contribution in [-0.4, -0.2) is 55.4 Å². The summed E-state index contributed by atoms with van der Waals surface area (Å²) in [6.45, 7) is 5.83. The van der Waals surface area contributed by atoms with E-state index in [1.165, 1.54) is 6.07 Å². The third kappa shape index (κ3) is 5.78. The number of H-pyrrole nitrogens is 2. The van der Waals surface area contributed by atoms with Crippen molar-refractivity contribution in [2.45, 2.75) is 46.5 Å². The van der Waals surface area contributed by atoms with Crippen LogP contribution in [0.15, 0.2) is 66.9 Å². The summed E-state index contributed by atoms with van der Waals surface area (Å²) in [4.78, 5) is 0. The van der Waals surface area contributed by atoms with Crippen LogP contribution < -0.4 is 23.7 Å². The zero-order chi connectivity index (χ0) is 35.2. The van der Waals surface area contributed by atoms with Crippen LogP contribution in [0.2, 0.25) is 0 Å². The van der Waals surface area contributed by atoms with E-state index in [9.17, 15) is 15.3 Å². The molecule has 0 radical (unpaired) electrons. The fraction of sp³-hybridized carbons (Fsp3) is 0.231. The summed E-state index contributed by atoms with van der Waals surface area (Å²) in [6, 6.07) is 17.8. The highest BCUT2D eigenvalue weighted by Gasteiger charge is 2.29. The number of aromatic hydroxyl groups is 3. The highest BCUT2D eigenvalue weighted by Crippen LogP contribution is 2.46. The molecule has 51 heavy (non-hydrogen) atoms. The number of aromatic amines is 2. The lowest BCUT2D eigenvalue weighted by Crippen LogP contribution is -2.26. The summed E-state index contributed by atoms with van der Waals surface area (Å²) in [5, 5.41) is 47.1. The standard InChI is InChI=1S/C39H36N4O8/c1-4-6-23-14-26(38-36(20(3)41-43-38)24-8-9-31-34(16-24)48-12-11-47-31)30(46)18-33(23)50-39-49-32-10-7-22(15-35(32)51-39)27-19-40-42-37(27)25-13-21(5-2)28(44)17-29(25)45/h7-10,13-19,39,44-46H,4-6,11-12H2,1-3H3,(H,40,42)(H,41,43). The molecule has 5 N–H and O–H groups in total. The molecule has 0 saturated carbocycles. The smallest absolute Gasteiger partial charge is 0.406 e. The van der Waals surface area contributed by atoms with Gasteiger partial charge in [0.1, 0.15) is 41.9 Å². The van der Waals surface area contributed by atoms with Crippen molar-refractivity contribution in [2.75, 3.05) is 13.2 Å². The molecule has 2 aliphatic rings. The molecule has 1 atom stereocenters. The van der Waals surface area contributed by atoms with Gasteiger partial charge in [0.05, 0.1) is 11.9 Å². The summed E-state index contributed by atoms with van der Waals surface area (Å²) in [6.07, 6.45) is 3.76. The van der Waals surface area contributed by atoms with Gasteiger partial charge in [0.15, 0.2) is 23.0 Å². The summed E-state index contributed by atoms with van der Waals surface area (Å²) in [5.41, 5.74) is 7.90. The van der Waals surface area contributed by atoms with E-state index in [4.69, 9.17) is 23.7 Å². The number of aromatic nitrogens is 4. The highest BCUT2D eigenvalue weighted by atomic mass is 16.9. The van der Waals surface area contributed by atoms with Crippen LogP contribution in [0.25, 0.3) is 44.8 Å². The first-order valence-corrected chi connectivity index (χ1v) is 16.9. The van der Waals surface area contributed by atoms with Crippen molar-refractivity contribution < 1.29 is 39.0 Å². The Hall–Kier alpha value is -6.30. The molecule has 8 rings (SSSR count). The van der Waals surface area contributed by atoms with Crippen molar-refractivity contribution in [1.29, 1.82) is 0 Å². The van der Waals surface area contributed by atoms with E-state index < -0.39 is 6.48 Å². The number of aryl methyl sites for hydroxylation is 3. The molecule has 0 bridgehead atoms. The maximum Gasteiger partial charge on any atom is 0.406 e. The molecule has 2 aliphatic heterocycles. The molecule has 6 aromatic rings. The Morgan fingerprint density at radius 3 is 2.29 bits per heavy atom. The Balaban J connectivity index is 1.06. The highest BCUT2D eigenvalue weighted by molar-refractivity contribution is 5.87. The molecule has 2 aromatic heterocycles. The van der Waals surface area contributed by atoms with Crippen LogP contribution in [0, 0.1) is 6.92 Å². The summed E-state index contributed by atoms with van der Waals surface area (Å²) >= 11 is 0. The van der Waals surface area contributed by atoms with Crippen LogP contribution in [0.3, 0.4) is 0 Å². The van der Waals surface area contributed by atoms with E-state index in [1.807, 2.05) is 50.2 Å². The van der Waals surface area contributed by atoms with Crippen molar-refractivity contribution in [3.05, 3.63) is 83.7 Å². The number of nitrogens with zero attached hydrogens (tertiary/aromatic N) is 2. The third-order valence-electron chi connectivity index (χ3n) is 9.14. The van der Waals surface area contributed by atoms with Gasteiger partial charge in [-0.3, -0.25) is 10.2 Å². The second-order valence-electron chi connectivity index (χ2n) is 12.5. The van der Waals surface area contributed by atoms with E-state index in [0.29, 0.717) is 82.9 Å². The summed E-state index contributed by atoms with van der Waals surface area (Å²) in [7, 11) is 0. The second kappa shape index (κ2) is 12.9. The third-order valence-corrected chi connectivity index (χ3v) is 9.14. The molecule has 12 nitrogen and oxygen atoms in total. The van der Waals surface area contributed by atoms with Gasteiger partial charge in [0, 0.05) is 40.1 Å². The number of phenols is 3. The van der Waals surface area contributed by atoms with Gasteiger partial charge >= 0.3 is 6.48 Å². The topological polar surface area (TPSA) is 164 Å². The number of ether oxygens (including phenoxy) is 5. The Bertz CT molecular complexity index is 2280. The van der Waals surface area contributed by atoms with Crippen molar-refractivity contribution in [3.63, 3.8) is 0 Å². The Labute approximate surface area is 293 Å². The molecule has 1 unspecified atom stereocenters. The molecule has 0 aliphatic carbocycles. The van der Waals surface area contributed by atoms with Crippen LogP contribution in [0.4, 0.5) is 0 Å². The van der Waals surface area contributed by atoms with Gasteiger partial charge < -0.3 is 39.0 Å². The van der Waals surface area contributed by atoms with Gasteiger partial charge in [-0.25, -0.2) is 0 Å². The minimum Gasteiger partial charge on any atom is -0.508 e. The monoisotopic (exact) mass is 688 g/mol. The van der Waals surface area contributed by atoms with Gasteiger partial charge in [-0.1, -0.05) is 32.4 Å². The largest absolute Gasteiger partial charge is 0.508 e. The number of nitrogens with one attached hydrogen (secondary N) is 2. The fourth-order valence-corrected chi connectivity index (χ4v) is 6.62. The molecule has 0 amide bonds. The maximum atomic E-state index is 11.4. The van der Waals surface area contributed by atoms with Crippen LogP contribution >= 0.6 is 0 Å². The maximum absolute atomic E-state index is 11.4. The number of benzene rings is 4. The molecule has 0 saturated heterocycles. The van der Waals surface area contributed by atoms with Gasteiger partial charge in [0.25, 0.3) is 0 Å². The first-order chi connectivity index (χ1) is 24.8. The minimum absolute atomic E-state index is 0.0101. The van der Waals surface area contributed by atoms with E-state index in [0.717, 1.165) is 39.9 Å². The molecule has 0 fully saturated rings. The van der Waals surface area contributed by atoms with Crippen molar-refractivity contribution in [2.24, 2.45) is 0 Å². The quantitative estimate of drug-likeness (QED) is 0.102. The average molecular weight is 689 g/mol. The molecular weight excluding hydrogens is 652 g/mol. The number of phenolic OH excluding ortho intramolecular Hbond substituents is 3. The van der Waals surface area contributed by atoms with Crippen LogP contribution in [-0.2, 0) is 12.8 Å². The van der Waals surface area contributed by atoms with Crippen molar-refractivity contribution >= 4 is 0 Å². The van der Waals surface area contributed by atoms with E-state index in [-0.39, 0.29) is 17.2 Å². The number of hydrogen-bond acceptors (Lipinski definition) is 10. The summed E-state index contributed by atoms with van der Waals surface area (Å²) < 4.78 is 29.9. The lowest BCUT2D eigenvalue weighted by molar-refractivity contribution is -0.112. The van der Waals surface area contributed by atoms with Gasteiger partial charge in [-0.05, 0) is 78.4 Å². The van der Waals surface area contributed by atoms with Crippen LogP contribution in [0.5, 0.6) is 46.0 Å². The van der Waals surface area contributed by atoms with Crippen molar-refractivity contribution in [3.8, 4) is 90.8 Å². The Morgan fingerprint density at radius 2 is 1.47 bits per heavy atom. The zero-order valence-corrected chi connectivity index (χ0v) is 28.2. The van der Waals surface area contributed by atoms with E-state index >= 15 is 0 Å². The Kier molecular flexibility index (Phi) is 8.06. The van der Waals surface area contributed by atoms with Gasteiger partial charge in [-0.15, -0.1) is 0 Å². The number of hydrogen-bond donors (Lipinski definition) is 5. The Morgan fingerprint density at radius 1 is 0.745 bits per heavy atom. The molecule has 0 spiro atoms. The predicted molar refractivity (Wildman–Crippen MR) is 189 cm³/mol. The second-order valence-corrected chi connectivity index (χ2v) is 12.5. The number of fused-ring (bicyclic) bond motifs is 2. The first-order valence-electron chi connectivity index (χ1n) is 16.9. The lowest BCUT2D eigenvalue weighted by Gasteiger charge is -2.19. The predicted octanol–water partition coefficient (Wildman–Crippen LogP) is 7.65. The summed E-state index contributed by atoms with van der Waals surface area (Å²) in [5.74, 6) is 2.71. The zero-order valence-electron chi connectivity index (χ0n) is 28.2. The molecule has 4 aromatic carbocycles. The molecular formula is C39H36N4O8. The molecule has 260 valence electrons. The molecule has 12 heteroatoms. The van der Waals surface area contributed by atoms with Crippen molar-refractivity contribution in [1.82, 2.24) is 20.4 Å². The van der Waals surface area contributed by atoms with E-state index in [1.54, 1.807) is 24.4 Å². The van der Waals surface area contributed by atoms with E-state index in [2.05, 4.69) is 27.3 Å². The van der Waals surface area contributed by atoms with Gasteiger partial charge in [-0.2, -0.15) is 10.2 Å². The number of rotatable bonds is 9. The normalized spacial score (nSPS) is 14.5. The fourth-order valence-electron chi connectivity index (χ4n) is 6.62. The lowest BCUT2D eigenvalue weighted by atomic mass is 9.96. The first kappa shape index (κ1) is 31.9. The minimum atomic E-state index is -1.10. The average Bonchev–Trinajstić information content (AvgIpc) is 3.87. The SMILES string of the molecule is CCCc1cc(-c2n[nH]c(C)c2-c2ccc3c(c2)OCCO3)c(O)cc1OC1Oc2ccc(-c3cn[nH]c3-c3cc(CC)c(O)cc3O)cc2O1.